The molecule has 0 aromatic heterocycles. The van der Waals surface area contributed by atoms with Crippen molar-refractivity contribution in [3.8, 4) is 0 Å². The zero-order chi connectivity index (χ0) is 19.5. The fourth-order valence-electron chi connectivity index (χ4n) is 4.14. The van der Waals surface area contributed by atoms with Crippen molar-refractivity contribution < 1.29 is 18.8 Å². The zero-order valence-corrected chi connectivity index (χ0v) is 17.4. The van der Waals surface area contributed by atoms with Crippen LogP contribution in [0.25, 0.3) is 0 Å². The van der Waals surface area contributed by atoms with Crippen LogP contribution >= 0.6 is 0 Å². The van der Waals surface area contributed by atoms with Gasteiger partial charge in [0.15, 0.2) is 0 Å². The minimum atomic E-state index is -1.38. The van der Waals surface area contributed by atoms with Crippen LogP contribution in [-0.2, 0) is 20.3 Å². The number of hydrogen-bond donors (Lipinski definition) is 1. The second-order valence-electron chi connectivity index (χ2n) is 8.39. The maximum atomic E-state index is 13.3. The fourth-order valence-corrected chi connectivity index (χ4v) is 5.88. The Morgan fingerprint density at radius 3 is 2.46 bits per heavy atom. The molecule has 0 saturated heterocycles. The average molecular weight is 381 g/mol. The van der Waals surface area contributed by atoms with Crippen molar-refractivity contribution in [1.82, 2.24) is 0 Å². The van der Waals surface area contributed by atoms with Gasteiger partial charge in [0.25, 0.3) is 0 Å². The molecule has 1 aromatic rings. The number of aliphatic hydroxyl groups is 1. The Morgan fingerprint density at radius 1 is 1.31 bits per heavy atom. The highest BCUT2D eigenvalue weighted by molar-refractivity contribution is 7.85. The Morgan fingerprint density at radius 2 is 1.92 bits per heavy atom. The SMILES string of the molecule is CCOC(=O)[C@H](C(C)(C)C)[C@@]1(O)CCCC[C@@H]1S(=O)c1ccc(C)cc1. The lowest BCUT2D eigenvalue weighted by atomic mass is 9.65. The van der Waals surface area contributed by atoms with Gasteiger partial charge in [-0.2, -0.15) is 0 Å². The molecule has 5 heteroatoms. The molecule has 0 radical (unpaired) electrons. The van der Waals surface area contributed by atoms with Gasteiger partial charge in [0.2, 0.25) is 0 Å². The standard InChI is InChI=1S/C21H32O4S/c1-6-25-19(22)18(20(3,4)5)21(23)14-8-7-9-17(21)26(24)16-12-10-15(2)11-13-16/h10-13,17-18,23H,6-9,14H2,1-5H3/t17-,18+,21+,26?/m0/s1. The molecule has 4 atom stereocenters. The van der Waals surface area contributed by atoms with Crippen LogP contribution in [0.1, 0.15) is 58.9 Å². The van der Waals surface area contributed by atoms with E-state index in [9.17, 15) is 14.1 Å². The van der Waals surface area contributed by atoms with Crippen molar-refractivity contribution in [3.63, 3.8) is 0 Å². The van der Waals surface area contributed by atoms with Gasteiger partial charge in [-0.25, -0.2) is 0 Å². The van der Waals surface area contributed by atoms with Crippen molar-refractivity contribution in [1.29, 1.82) is 0 Å². The van der Waals surface area contributed by atoms with E-state index in [1.165, 1.54) is 0 Å². The summed E-state index contributed by atoms with van der Waals surface area (Å²) < 4.78 is 18.6. The molecule has 1 unspecified atom stereocenters. The van der Waals surface area contributed by atoms with E-state index in [0.717, 1.165) is 18.4 Å². The topological polar surface area (TPSA) is 63.6 Å². The first kappa shape index (κ1) is 21.1. The molecule has 0 spiro atoms. The van der Waals surface area contributed by atoms with E-state index in [1.807, 2.05) is 52.0 Å². The monoisotopic (exact) mass is 380 g/mol. The molecule has 1 fully saturated rings. The van der Waals surface area contributed by atoms with Crippen LogP contribution in [0.4, 0.5) is 0 Å². The number of aryl methyl sites for hydroxylation is 1. The van der Waals surface area contributed by atoms with Crippen LogP contribution in [0.15, 0.2) is 29.2 Å². The van der Waals surface area contributed by atoms with Gasteiger partial charge in [0, 0.05) is 4.90 Å². The van der Waals surface area contributed by atoms with Crippen LogP contribution < -0.4 is 0 Å². The van der Waals surface area contributed by atoms with E-state index in [0.29, 0.717) is 17.7 Å². The Labute approximate surface area is 159 Å². The van der Waals surface area contributed by atoms with Crippen molar-refractivity contribution in [3.05, 3.63) is 29.8 Å². The number of esters is 1. The van der Waals surface area contributed by atoms with E-state index >= 15 is 0 Å². The number of hydrogen-bond acceptors (Lipinski definition) is 4. The van der Waals surface area contributed by atoms with Crippen LogP contribution in [0.3, 0.4) is 0 Å². The number of carbonyl (C=O) groups excluding carboxylic acids is 1. The minimum absolute atomic E-state index is 0.271. The molecule has 0 bridgehead atoms. The molecule has 1 aromatic carbocycles. The van der Waals surface area contributed by atoms with E-state index < -0.39 is 39.0 Å². The van der Waals surface area contributed by atoms with Crippen LogP contribution in [-0.4, -0.2) is 32.7 Å². The lowest BCUT2D eigenvalue weighted by Crippen LogP contribution is -2.59. The second kappa shape index (κ2) is 8.22. The summed E-state index contributed by atoms with van der Waals surface area (Å²) in [6.07, 6.45) is 2.84. The quantitative estimate of drug-likeness (QED) is 0.784. The summed E-state index contributed by atoms with van der Waals surface area (Å²) in [7, 11) is -1.38. The van der Waals surface area contributed by atoms with Gasteiger partial charge in [0.05, 0.1) is 34.2 Å². The molecule has 1 N–H and O–H groups in total. The third kappa shape index (κ3) is 4.37. The first-order chi connectivity index (χ1) is 12.1. The van der Waals surface area contributed by atoms with Gasteiger partial charge in [-0.1, -0.05) is 51.3 Å². The van der Waals surface area contributed by atoms with Crippen molar-refractivity contribution in [2.75, 3.05) is 6.61 Å². The normalized spacial score (nSPS) is 26.2. The molecule has 4 nitrogen and oxygen atoms in total. The van der Waals surface area contributed by atoms with Crippen LogP contribution in [0.2, 0.25) is 0 Å². The fraction of sp³-hybridized carbons (Fsp3) is 0.667. The predicted molar refractivity (Wildman–Crippen MR) is 104 cm³/mol. The van der Waals surface area contributed by atoms with E-state index in [4.69, 9.17) is 4.74 Å². The van der Waals surface area contributed by atoms with E-state index in [-0.39, 0.29) is 6.61 Å². The molecule has 0 amide bonds. The summed E-state index contributed by atoms with van der Waals surface area (Å²) in [5.41, 5.74) is -0.726. The molecule has 0 heterocycles. The average Bonchev–Trinajstić information content (AvgIpc) is 2.54. The number of benzene rings is 1. The van der Waals surface area contributed by atoms with Crippen LogP contribution in [0.5, 0.6) is 0 Å². The highest BCUT2D eigenvalue weighted by Crippen LogP contribution is 2.46. The second-order valence-corrected chi connectivity index (χ2v) is 10.0. The minimum Gasteiger partial charge on any atom is -0.466 e. The van der Waals surface area contributed by atoms with E-state index in [2.05, 4.69) is 0 Å². The summed E-state index contributed by atoms with van der Waals surface area (Å²) in [5.74, 6) is -1.11. The van der Waals surface area contributed by atoms with Gasteiger partial charge >= 0.3 is 5.97 Å². The van der Waals surface area contributed by atoms with Gasteiger partial charge in [-0.05, 0) is 44.2 Å². The smallest absolute Gasteiger partial charge is 0.312 e. The van der Waals surface area contributed by atoms with Gasteiger partial charge in [0.1, 0.15) is 0 Å². The Balaban J connectivity index is 2.44. The van der Waals surface area contributed by atoms with Gasteiger partial charge in [-0.15, -0.1) is 0 Å². The highest BCUT2D eigenvalue weighted by Gasteiger charge is 2.55. The van der Waals surface area contributed by atoms with Crippen molar-refractivity contribution in [2.45, 2.75) is 76.0 Å². The van der Waals surface area contributed by atoms with Crippen LogP contribution in [0, 0.1) is 18.3 Å². The van der Waals surface area contributed by atoms with Gasteiger partial charge in [-0.3, -0.25) is 9.00 Å². The third-order valence-electron chi connectivity index (χ3n) is 5.25. The lowest BCUT2D eigenvalue weighted by Gasteiger charge is -2.48. The van der Waals surface area contributed by atoms with Crippen molar-refractivity contribution in [2.24, 2.45) is 11.3 Å². The molecule has 146 valence electrons. The summed E-state index contributed by atoms with van der Waals surface area (Å²) in [6, 6.07) is 7.58. The summed E-state index contributed by atoms with van der Waals surface area (Å²) in [5, 5.41) is 11.2. The molecule has 1 aliphatic carbocycles. The predicted octanol–water partition coefficient (Wildman–Crippen LogP) is 4.00. The molecule has 1 saturated carbocycles. The lowest BCUT2D eigenvalue weighted by molar-refractivity contribution is -0.170. The Kier molecular flexibility index (Phi) is 6.67. The molecule has 2 rings (SSSR count). The molecule has 0 aliphatic heterocycles. The Bertz CT molecular complexity index is 647. The first-order valence-corrected chi connectivity index (χ1v) is 10.7. The molecule has 1 aliphatic rings. The van der Waals surface area contributed by atoms with Crippen molar-refractivity contribution >= 4 is 16.8 Å². The summed E-state index contributed by atoms with van der Waals surface area (Å²) >= 11 is 0. The molecular weight excluding hydrogens is 348 g/mol. The van der Waals surface area contributed by atoms with E-state index in [1.54, 1.807) is 6.92 Å². The molecule has 26 heavy (non-hydrogen) atoms. The number of rotatable bonds is 5. The first-order valence-electron chi connectivity index (χ1n) is 9.47. The molecular formula is C21H32O4S. The summed E-state index contributed by atoms with van der Waals surface area (Å²) in [6.45, 7) is 9.84. The zero-order valence-electron chi connectivity index (χ0n) is 16.6. The highest BCUT2D eigenvalue weighted by atomic mass is 32.2. The summed E-state index contributed by atoms with van der Waals surface area (Å²) in [4.78, 5) is 13.5. The Hall–Kier alpha value is -1.20. The third-order valence-corrected chi connectivity index (χ3v) is 7.15. The number of carbonyl (C=O) groups is 1. The number of ether oxygens (including phenoxy) is 1. The van der Waals surface area contributed by atoms with Gasteiger partial charge < -0.3 is 9.84 Å². The maximum Gasteiger partial charge on any atom is 0.312 e. The largest absolute Gasteiger partial charge is 0.466 e. The maximum absolute atomic E-state index is 13.3.